The smallest absolute Gasteiger partial charge is 0.306 e. The zero-order valence-corrected chi connectivity index (χ0v) is 10.0. The fourth-order valence-electron chi connectivity index (χ4n) is 1.51. The average Bonchev–Trinajstić information content (AvgIpc) is 2.03. The van der Waals surface area contributed by atoms with Crippen LogP contribution in [0.25, 0.3) is 0 Å². The number of nitrogens with two attached hydrogens (primary N) is 1. The molecule has 0 atom stereocenters. The minimum atomic E-state index is -0.605. The largest absolute Gasteiger partial charge is 0.481 e. The topological polar surface area (TPSA) is 80.4 Å². The molecule has 1 amide bonds. The van der Waals surface area contributed by atoms with E-state index in [0.717, 1.165) is 31.6 Å². The molecule has 0 radical (unpaired) electrons. The molecule has 1 aliphatic carbocycles. The number of aliphatic carboxylic acids is 1. The number of hydrogen-bond donors (Lipinski definition) is 2. The lowest BCUT2D eigenvalue weighted by Gasteiger charge is -2.22. The van der Waals surface area contributed by atoms with Gasteiger partial charge in [-0.2, -0.15) is 0 Å². The summed E-state index contributed by atoms with van der Waals surface area (Å²) in [4.78, 5) is 19.7. The van der Waals surface area contributed by atoms with E-state index in [-0.39, 0.29) is 24.2 Å². The molecule has 0 aromatic rings. The van der Waals surface area contributed by atoms with E-state index < -0.39 is 5.97 Å². The normalized spacial score (nSPS) is 24.1. The number of rotatable bonds is 1. The van der Waals surface area contributed by atoms with Crippen molar-refractivity contribution >= 4 is 24.3 Å². The second kappa shape index (κ2) is 8.53. The molecule has 0 heterocycles. The van der Waals surface area contributed by atoms with Crippen LogP contribution in [-0.4, -0.2) is 17.0 Å². The van der Waals surface area contributed by atoms with Crippen LogP contribution in [0.15, 0.2) is 0 Å². The average molecular weight is 238 g/mol. The molecule has 1 saturated carbocycles. The van der Waals surface area contributed by atoms with Crippen molar-refractivity contribution in [1.29, 1.82) is 0 Å². The van der Waals surface area contributed by atoms with Crippen molar-refractivity contribution in [1.82, 2.24) is 0 Å². The molecule has 5 heteroatoms. The van der Waals surface area contributed by atoms with Crippen LogP contribution in [-0.2, 0) is 9.59 Å². The van der Waals surface area contributed by atoms with Gasteiger partial charge in [-0.05, 0) is 31.6 Å². The molecule has 0 saturated heterocycles. The molecule has 15 heavy (non-hydrogen) atoms. The number of carboxylic acids is 1. The van der Waals surface area contributed by atoms with Crippen molar-refractivity contribution < 1.29 is 14.7 Å². The summed E-state index contributed by atoms with van der Waals surface area (Å²) in [5.74, 6) is -0.237. The van der Waals surface area contributed by atoms with Crippen molar-refractivity contribution in [3.8, 4) is 0 Å². The molecule has 4 nitrogen and oxygen atoms in total. The Morgan fingerprint density at radius 2 is 1.53 bits per heavy atom. The number of carbonyl (C=O) groups is 2. The van der Waals surface area contributed by atoms with Gasteiger partial charge in [-0.15, -0.1) is 12.4 Å². The lowest BCUT2D eigenvalue weighted by Crippen LogP contribution is -2.19. The highest BCUT2D eigenvalue weighted by atomic mass is 35.5. The van der Waals surface area contributed by atoms with E-state index in [2.05, 4.69) is 12.7 Å². The van der Waals surface area contributed by atoms with Crippen LogP contribution >= 0.6 is 12.4 Å². The van der Waals surface area contributed by atoms with Gasteiger partial charge in [-0.1, -0.05) is 6.92 Å². The molecule has 3 N–H and O–H groups in total. The Kier molecular flexibility index (Phi) is 9.47. The maximum Gasteiger partial charge on any atom is 0.306 e. The van der Waals surface area contributed by atoms with Gasteiger partial charge in [0.2, 0.25) is 5.91 Å². The Balaban J connectivity index is 0. The van der Waals surface area contributed by atoms with Crippen LogP contribution in [0, 0.1) is 11.8 Å². The predicted molar refractivity (Wildman–Crippen MR) is 60.9 cm³/mol. The standard InChI is InChI=1S/C8H14O2.C2H5NO.ClH/c1-6-2-4-7(5-3-6)8(9)10;1-2(3)4;/h6-7H,2-5H2,1H3,(H,9,10);1H3,(H2,3,4);1H. The Labute approximate surface area is 96.6 Å². The molecular formula is C10H20ClNO3. The third kappa shape index (κ3) is 9.53. The first-order valence-electron chi connectivity index (χ1n) is 4.92. The van der Waals surface area contributed by atoms with E-state index >= 15 is 0 Å². The van der Waals surface area contributed by atoms with Crippen molar-refractivity contribution in [3.63, 3.8) is 0 Å². The van der Waals surface area contributed by atoms with E-state index in [9.17, 15) is 9.59 Å². The minimum Gasteiger partial charge on any atom is -0.481 e. The minimum absolute atomic E-state index is 0. The van der Waals surface area contributed by atoms with E-state index in [4.69, 9.17) is 5.11 Å². The molecule has 0 aromatic carbocycles. The number of halogens is 1. The van der Waals surface area contributed by atoms with Gasteiger partial charge in [0.15, 0.2) is 0 Å². The van der Waals surface area contributed by atoms with Crippen molar-refractivity contribution in [2.75, 3.05) is 0 Å². The first-order chi connectivity index (χ1) is 6.43. The molecular weight excluding hydrogens is 218 g/mol. The predicted octanol–water partition coefficient (Wildman–Crippen LogP) is 1.81. The third-order valence-electron chi connectivity index (χ3n) is 2.37. The lowest BCUT2D eigenvalue weighted by molar-refractivity contribution is -0.143. The van der Waals surface area contributed by atoms with E-state index in [1.54, 1.807) is 0 Å². The Bertz CT molecular complexity index is 197. The van der Waals surface area contributed by atoms with E-state index in [0.29, 0.717) is 0 Å². The SMILES string of the molecule is CC(N)=O.CC1CCC(C(=O)O)CC1.Cl. The number of hydrogen-bond acceptors (Lipinski definition) is 2. The van der Waals surface area contributed by atoms with Gasteiger partial charge in [0.05, 0.1) is 5.92 Å². The second-order valence-electron chi connectivity index (χ2n) is 3.91. The Morgan fingerprint density at radius 1 is 1.20 bits per heavy atom. The highest BCUT2D eigenvalue weighted by Crippen LogP contribution is 2.27. The van der Waals surface area contributed by atoms with E-state index in [1.165, 1.54) is 6.92 Å². The number of primary amides is 1. The van der Waals surface area contributed by atoms with Crippen molar-refractivity contribution in [2.45, 2.75) is 39.5 Å². The molecule has 0 bridgehead atoms. The summed E-state index contributed by atoms with van der Waals surface area (Å²) in [6, 6.07) is 0. The molecule has 1 rings (SSSR count). The molecule has 0 spiro atoms. The Morgan fingerprint density at radius 3 is 1.80 bits per heavy atom. The van der Waals surface area contributed by atoms with Crippen LogP contribution in [0.5, 0.6) is 0 Å². The van der Waals surface area contributed by atoms with Crippen molar-refractivity contribution in [2.24, 2.45) is 17.6 Å². The lowest BCUT2D eigenvalue weighted by atomic mass is 9.83. The molecule has 0 unspecified atom stereocenters. The summed E-state index contributed by atoms with van der Waals surface area (Å²) < 4.78 is 0. The number of carbonyl (C=O) groups excluding carboxylic acids is 1. The summed E-state index contributed by atoms with van der Waals surface area (Å²) in [7, 11) is 0. The van der Waals surface area contributed by atoms with Gasteiger partial charge >= 0.3 is 5.97 Å². The summed E-state index contributed by atoms with van der Waals surface area (Å²) >= 11 is 0. The molecule has 0 aliphatic heterocycles. The van der Waals surface area contributed by atoms with Gasteiger partial charge in [-0.3, -0.25) is 9.59 Å². The van der Waals surface area contributed by atoms with Crippen LogP contribution in [0.1, 0.15) is 39.5 Å². The van der Waals surface area contributed by atoms with Crippen LogP contribution in [0.2, 0.25) is 0 Å². The first-order valence-corrected chi connectivity index (χ1v) is 4.92. The molecule has 1 aliphatic rings. The zero-order valence-electron chi connectivity index (χ0n) is 9.23. The molecule has 0 aromatic heterocycles. The number of carboxylic acid groups (broad SMARTS) is 1. The maximum atomic E-state index is 10.5. The van der Waals surface area contributed by atoms with Crippen LogP contribution in [0.4, 0.5) is 0 Å². The first kappa shape index (κ1) is 16.7. The highest BCUT2D eigenvalue weighted by molar-refractivity contribution is 5.85. The van der Waals surface area contributed by atoms with Crippen LogP contribution in [0.3, 0.4) is 0 Å². The van der Waals surface area contributed by atoms with Crippen molar-refractivity contribution in [3.05, 3.63) is 0 Å². The number of amides is 1. The second-order valence-corrected chi connectivity index (χ2v) is 3.91. The quantitative estimate of drug-likeness (QED) is 0.730. The molecule has 90 valence electrons. The van der Waals surface area contributed by atoms with E-state index in [1.807, 2.05) is 0 Å². The fraction of sp³-hybridized carbons (Fsp3) is 0.800. The maximum absolute atomic E-state index is 10.5. The van der Waals surface area contributed by atoms with Gasteiger partial charge in [0.1, 0.15) is 0 Å². The van der Waals surface area contributed by atoms with Crippen LogP contribution < -0.4 is 5.73 Å². The highest BCUT2D eigenvalue weighted by Gasteiger charge is 2.23. The summed E-state index contributed by atoms with van der Waals surface area (Å²) in [6.07, 6.45) is 3.96. The monoisotopic (exact) mass is 237 g/mol. The summed E-state index contributed by atoms with van der Waals surface area (Å²) in [5.41, 5.74) is 4.47. The van der Waals surface area contributed by atoms with Gasteiger partial charge in [0.25, 0.3) is 0 Å². The van der Waals surface area contributed by atoms with Gasteiger partial charge < -0.3 is 10.8 Å². The van der Waals surface area contributed by atoms with Gasteiger partial charge in [-0.25, -0.2) is 0 Å². The fourth-order valence-corrected chi connectivity index (χ4v) is 1.51. The summed E-state index contributed by atoms with van der Waals surface area (Å²) in [5, 5.41) is 8.62. The Hall–Kier alpha value is -0.770. The zero-order chi connectivity index (χ0) is 11.1. The molecule has 1 fully saturated rings. The third-order valence-corrected chi connectivity index (χ3v) is 2.37. The van der Waals surface area contributed by atoms with Gasteiger partial charge in [0, 0.05) is 6.92 Å². The summed E-state index contributed by atoms with van der Waals surface area (Å²) in [6.45, 7) is 3.50.